The van der Waals surface area contributed by atoms with Crippen LogP contribution in [0.1, 0.15) is 31.2 Å². The average Bonchev–Trinajstić information content (AvgIpc) is 2.86. The van der Waals surface area contributed by atoms with Gasteiger partial charge in [0.05, 0.1) is 0 Å². The minimum Gasteiger partial charge on any atom is -0.297 e. The Balaban J connectivity index is 1.70. The molecule has 2 fully saturated rings. The van der Waals surface area contributed by atoms with E-state index in [1.807, 2.05) is 6.08 Å². The SMILES string of the molecule is C=CCN1CCCC12CCCN(Cc1ccc(F)c(F)c1)C2. The maximum Gasteiger partial charge on any atom is 0.159 e. The van der Waals surface area contributed by atoms with E-state index in [-0.39, 0.29) is 5.54 Å². The Bertz CT molecular complexity index is 546. The van der Waals surface area contributed by atoms with Crippen molar-refractivity contribution < 1.29 is 8.78 Å². The van der Waals surface area contributed by atoms with Gasteiger partial charge in [0, 0.05) is 25.2 Å². The lowest BCUT2D eigenvalue weighted by molar-refractivity contribution is 0.0449. The molecule has 0 N–H and O–H groups in total. The summed E-state index contributed by atoms with van der Waals surface area (Å²) in [5.41, 5.74) is 1.11. The molecule has 0 aromatic heterocycles. The highest BCUT2D eigenvalue weighted by Crippen LogP contribution is 2.37. The molecule has 22 heavy (non-hydrogen) atoms. The number of nitrogens with zero attached hydrogens (tertiary/aromatic N) is 2. The van der Waals surface area contributed by atoms with Crippen molar-refractivity contribution in [1.29, 1.82) is 0 Å². The Labute approximate surface area is 131 Å². The van der Waals surface area contributed by atoms with Crippen LogP contribution in [-0.4, -0.2) is 41.5 Å². The van der Waals surface area contributed by atoms with Crippen LogP contribution in [0.5, 0.6) is 0 Å². The van der Waals surface area contributed by atoms with Gasteiger partial charge in [-0.1, -0.05) is 12.1 Å². The minimum atomic E-state index is -0.771. The second-order valence-corrected chi connectivity index (χ2v) is 6.63. The zero-order chi connectivity index (χ0) is 15.6. The van der Waals surface area contributed by atoms with Gasteiger partial charge in [0.1, 0.15) is 0 Å². The summed E-state index contributed by atoms with van der Waals surface area (Å²) in [7, 11) is 0. The molecule has 3 rings (SSSR count). The molecule has 2 saturated heterocycles. The summed E-state index contributed by atoms with van der Waals surface area (Å²) in [5.74, 6) is -1.52. The molecule has 2 heterocycles. The van der Waals surface area contributed by atoms with Crippen LogP contribution in [0.3, 0.4) is 0 Å². The van der Waals surface area contributed by atoms with Crippen LogP contribution in [-0.2, 0) is 6.54 Å². The lowest BCUT2D eigenvalue weighted by Gasteiger charge is -2.46. The number of piperidine rings is 1. The standard InChI is InChI=1S/C18H24F2N2/c1-2-9-22-11-4-8-18(22)7-3-10-21(14-18)13-15-5-6-16(19)17(20)12-15/h2,5-6,12H,1,3-4,7-11,13-14H2. The Hall–Kier alpha value is -1.26. The molecule has 2 nitrogen and oxygen atoms in total. The van der Waals surface area contributed by atoms with Gasteiger partial charge in [-0.15, -0.1) is 6.58 Å². The molecule has 1 atom stereocenters. The van der Waals surface area contributed by atoms with Crippen molar-refractivity contribution in [3.05, 3.63) is 48.1 Å². The summed E-state index contributed by atoms with van der Waals surface area (Å²) in [5, 5.41) is 0. The molecular weight excluding hydrogens is 282 g/mol. The van der Waals surface area contributed by atoms with Gasteiger partial charge >= 0.3 is 0 Å². The number of halogens is 2. The first-order valence-electron chi connectivity index (χ1n) is 8.15. The van der Waals surface area contributed by atoms with E-state index in [9.17, 15) is 8.78 Å². The van der Waals surface area contributed by atoms with Crippen LogP contribution < -0.4 is 0 Å². The molecule has 1 aromatic carbocycles. The van der Waals surface area contributed by atoms with Gasteiger partial charge in [0.2, 0.25) is 0 Å². The maximum atomic E-state index is 13.4. The smallest absolute Gasteiger partial charge is 0.159 e. The molecule has 120 valence electrons. The largest absolute Gasteiger partial charge is 0.297 e. The zero-order valence-electron chi connectivity index (χ0n) is 13.0. The second-order valence-electron chi connectivity index (χ2n) is 6.63. The predicted octanol–water partition coefficient (Wildman–Crippen LogP) is 3.58. The summed E-state index contributed by atoms with van der Waals surface area (Å²) in [6.07, 6.45) is 6.86. The normalized spacial score (nSPS) is 26.6. The molecule has 0 saturated carbocycles. The predicted molar refractivity (Wildman–Crippen MR) is 84.6 cm³/mol. The van der Waals surface area contributed by atoms with Gasteiger partial charge in [-0.05, 0) is 56.5 Å². The number of benzene rings is 1. The van der Waals surface area contributed by atoms with Gasteiger partial charge in [-0.2, -0.15) is 0 Å². The minimum absolute atomic E-state index is 0.255. The fraction of sp³-hybridized carbons (Fsp3) is 0.556. The highest BCUT2D eigenvalue weighted by Gasteiger charge is 2.43. The van der Waals surface area contributed by atoms with E-state index in [0.717, 1.165) is 38.2 Å². The van der Waals surface area contributed by atoms with E-state index in [1.54, 1.807) is 6.07 Å². The Kier molecular flexibility index (Phi) is 4.59. The van der Waals surface area contributed by atoms with E-state index in [2.05, 4.69) is 16.4 Å². The van der Waals surface area contributed by atoms with Gasteiger partial charge in [0.15, 0.2) is 11.6 Å². The second kappa shape index (κ2) is 6.47. The van der Waals surface area contributed by atoms with Crippen LogP contribution in [0.4, 0.5) is 8.78 Å². The zero-order valence-corrected chi connectivity index (χ0v) is 13.0. The molecular formula is C18H24F2N2. The Morgan fingerprint density at radius 3 is 2.64 bits per heavy atom. The van der Waals surface area contributed by atoms with Crippen LogP contribution in [0.2, 0.25) is 0 Å². The van der Waals surface area contributed by atoms with Crippen molar-refractivity contribution in [2.75, 3.05) is 26.2 Å². The fourth-order valence-electron chi connectivity index (χ4n) is 4.13. The maximum absolute atomic E-state index is 13.4. The Morgan fingerprint density at radius 1 is 1.14 bits per heavy atom. The number of likely N-dealkylation sites (tertiary alicyclic amines) is 2. The molecule has 0 radical (unpaired) electrons. The van der Waals surface area contributed by atoms with Crippen LogP contribution in [0.25, 0.3) is 0 Å². The van der Waals surface area contributed by atoms with Crippen LogP contribution in [0, 0.1) is 11.6 Å². The summed E-state index contributed by atoms with van der Waals surface area (Å²) < 4.78 is 26.4. The molecule has 0 aliphatic carbocycles. The molecule has 0 bridgehead atoms. The van der Waals surface area contributed by atoms with Crippen molar-refractivity contribution in [3.63, 3.8) is 0 Å². The monoisotopic (exact) mass is 306 g/mol. The lowest BCUT2D eigenvalue weighted by Crippen LogP contribution is -2.55. The first kappa shape index (κ1) is 15.6. The van der Waals surface area contributed by atoms with Crippen molar-refractivity contribution in [1.82, 2.24) is 9.80 Å². The van der Waals surface area contributed by atoms with E-state index in [1.165, 1.54) is 31.4 Å². The topological polar surface area (TPSA) is 6.48 Å². The van der Waals surface area contributed by atoms with Gasteiger partial charge in [0.25, 0.3) is 0 Å². The third-order valence-electron chi connectivity index (χ3n) is 5.12. The molecule has 2 aliphatic heterocycles. The van der Waals surface area contributed by atoms with Gasteiger partial charge in [-0.3, -0.25) is 9.80 Å². The van der Waals surface area contributed by atoms with Crippen LogP contribution >= 0.6 is 0 Å². The van der Waals surface area contributed by atoms with E-state index in [4.69, 9.17) is 0 Å². The highest BCUT2D eigenvalue weighted by atomic mass is 19.2. The summed E-state index contributed by atoms with van der Waals surface area (Å²) in [6.45, 7) is 8.70. The third kappa shape index (κ3) is 3.08. The molecule has 1 aromatic rings. The molecule has 2 aliphatic rings. The quantitative estimate of drug-likeness (QED) is 0.785. The summed E-state index contributed by atoms with van der Waals surface area (Å²) in [6, 6.07) is 4.24. The van der Waals surface area contributed by atoms with E-state index in [0.29, 0.717) is 6.54 Å². The lowest BCUT2D eigenvalue weighted by atomic mass is 9.86. The number of hydrogen-bond donors (Lipinski definition) is 0. The van der Waals surface area contributed by atoms with Gasteiger partial charge < -0.3 is 0 Å². The number of rotatable bonds is 4. The summed E-state index contributed by atoms with van der Waals surface area (Å²) in [4.78, 5) is 4.94. The van der Waals surface area contributed by atoms with E-state index < -0.39 is 11.6 Å². The third-order valence-corrected chi connectivity index (χ3v) is 5.12. The highest BCUT2D eigenvalue weighted by molar-refractivity contribution is 5.18. The first-order valence-corrected chi connectivity index (χ1v) is 8.15. The molecule has 1 spiro atoms. The van der Waals surface area contributed by atoms with Crippen molar-refractivity contribution in [2.45, 2.75) is 37.8 Å². The van der Waals surface area contributed by atoms with Gasteiger partial charge in [-0.25, -0.2) is 8.78 Å². The first-order chi connectivity index (χ1) is 10.6. The molecule has 0 amide bonds. The Morgan fingerprint density at radius 2 is 1.91 bits per heavy atom. The molecule has 1 unspecified atom stereocenters. The van der Waals surface area contributed by atoms with Crippen molar-refractivity contribution in [2.24, 2.45) is 0 Å². The average molecular weight is 306 g/mol. The summed E-state index contributed by atoms with van der Waals surface area (Å²) >= 11 is 0. The van der Waals surface area contributed by atoms with E-state index >= 15 is 0 Å². The van der Waals surface area contributed by atoms with Crippen molar-refractivity contribution >= 4 is 0 Å². The van der Waals surface area contributed by atoms with Crippen LogP contribution in [0.15, 0.2) is 30.9 Å². The number of hydrogen-bond acceptors (Lipinski definition) is 2. The fourth-order valence-corrected chi connectivity index (χ4v) is 4.13. The molecule has 4 heteroatoms. The van der Waals surface area contributed by atoms with Crippen molar-refractivity contribution in [3.8, 4) is 0 Å².